The molecular formula is C21H37N3. The Morgan fingerprint density at radius 1 is 1.42 bits per heavy atom. The van der Waals surface area contributed by atoms with E-state index in [-0.39, 0.29) is 6.17 Å². The Labute approximate surface area is 148 Å². The van der Waals surface area contributed by atoms with Gasteiger partial charge in [-0.05, 0) is 55.9 Å². The van der Waals surface area contributed by atoms with Gasteiger partial charge in [0.25, 0.3) is 0 Å². The topological polar surface area (TPSA) is 50.4 Å². The second-order valence-electron chi connectivity index (χ2n) is 8.05. The molecule has 1 fully saturated rings. The highest BCUT2D eigenvalue weighted by Crippen LogP contribution is 2.45. The van der Waals surface area contributed by atoms with Crippen LogP contribution in [0.5, 0.6) is 0 Å². The Kier molecular flexibility index (Phi) is 7.70. The average Bonchev–Trinajstić information content (AvgIpc) is 3.29. The predicted molar refractivity (Wildman–Crippen MR) is 105 cm³/mol. The van der Waals surface area contributed by atoms with Crippen molar-refractivity contribution in [1.29, 1.82) is 0 Å². The maximum atomic E-state index is 6.18. The summed E-state index contributed by atoms with van der Waals surface area (Å²) in [7, 11) is 0. The predicted octanol–water partition coefficient (Wildman–Crippen LogP) is 4.31. The molecule has 2 rings (SSSR count). The van der Waals surface area contributed by atoms with Crippen LogP contribution >= 0.6 is 0 Å². The molecular weight excluding hydrogens is 294 g/mol. The van der Waals surface area contributed by atoms with Crippen LogP contribution in [-0.4, -0.2) is 25.0 Å². The first-order valence-electron chi connectivity index (χ1n) is 9.87. The second kappa shape index (κ2) is 9.53. The van der Waals surface area contributed by atoms with Crippen LogP contribution in [0.1, 0.15) is 59.3 Å². The van der Waals surface area contributed by atoms with Gasteiger partial charge in [0.1, 0.15) is 0 Å². The van der Waals surface area contributed by atoms with Crippen molar-refractivity contribution in [3.8, 4) is 0 Å². The number of allylic oxidation sites excluding steroid dienone is 2. The summed E-state index contributed by atoms with van der Waals surface area (Å²) in [5, 5.41) is 3.40. The molecule has 0 heterocycles. The first-order valence-corrected chi connectivity index (χ1v) is 9.87. The lowest BCUT2D eigenvalue weighted by Crippen LogP contribution is -2.39. The summed E-state index contributed by atoms with van der Waals surface area (Å²) in [5.74, 6) is 3.03. The zero-order chi connectivity index (χ0) is 17.5. The largest absolute Gasteiger partial charge is 0.316 e. The summed E-state index contributed by atoms with van der Waals surface area (Å²) < 4.78 is 0. The van der Waals surface area contributed by atoms with Gasteiger partial charge in [0, 0.05) is 18.2 Å². The average molecular weight is 332 g/mol. The number of nitrogens with one attached hydrogen (secondary N) is 1. The quantitative estimate of drug-likeness (QED) is 0.376. The number of hydrogen-bond donors (Lipinski definition) is 2. The van der Waals surface area contributed by atoms with Crippen LogP contribution in [-0.2, 0) is 0 Å². The number of aliphatic imine (C=N–C) groups is 1. The Morgan fingerprint density at radius 3 is 2.96 bits per heavy atom. The molecule has 3 heteroatoms. The van der Waals surface area contributed by atoms with Gasteiger partial charge in [-0.1, -0.05) is 45.4 Å². The third-order valence-electron chi connectivity index (χ3n) is 5.55. The van der Waals surface area contributed by atoms with Gasteiger partial charge in [-0.25, -0.2) is 0 Å². The number of nitrogens with zero attached hydrogens (tertiary/aromatic N) is 1. The number of hydrogen-bond acceptors (Lipinski definition) is 3. The Balaban J connectivity index is 1.68. The van der Waals surface area contributed by atoms with Crippen molar-refractivity contribution in [3.05, 3.63) is 24.3 Å². The molecule has 0 aromatic carbocycles. The highest BCUT2D eigenvalue weighted by Gasteiger charge is 2.40. The molecule has 2 aliphatic carbocycles. The van der Waals surface area contributed by atoms with E-state index in [4.69, 9.17) is 10.7 Å². The Morgan fingerprint density at radius 2 is 2.21 bits per heavy atom. The molecule has 3 N–H and O–H groups in total. The first-order chi connectivity index (χ1) is 11.5. The summed E-state index contributed by atoms with van der Waals surface area (Å²) in [6.45, 7) is 12.6. The number of nitrogens with two attached hydrogens (primary N) is 1. The molecule has 136 valence electrons. The van der Waals surface area contributed by atoms with E-state index < -0.39 is 0 Å². The minimum Gasteiger partial charge on any atom is -0.316 e. The van der Waals surface area contributed by atoms with Gasteiger partial charge in [0.2, 0.25) is 0 Å². The summed E-state index contributed by atoms with van der Waals surface area (Å²) in [5.41, 5.74) is 8.76. The fourth-order valence-corrected chi connectivity index (χ4v) is 3.60. The van der Waals surface area contributed by atoms with Gasteiger partial charge in [-0.15, -0.1) is 0 Å². The highest BCUT2D eigenvalue weighted by atomic mass is 15.0. The van der Waals surface area contributed by atoms with Crippen LogP contribution in [0.15, 0.2) is 29.3 Å². The Hall–Kier alpha value is -0.930. The molecule has 5 unspecified atom stereocenters. The first kappa shape index (κ1) is 19.4. The van der Waals surface area contributed by atoms with Crippen LogP contribution in [0, 0.1) is 23.7 Å². The lowest BCUT2D eigenvalue weighted by Gasteiger charge is -2.17. The lowest BCUT2D eigenvalue weighted by atomic mass is 9.97. The summed E-state index contributed by atoms with van der Waals surface area (Å²) >= 11 is 0. The summed E-state index contributed by atoms with van der Waals surface area (Å²) in [4.78, 5) is 4.84. The molecule has 0 spiro atoms. The van der Waals surface area contributed by atoms with E-state index in [2.05, 4.69) is 44.8 Å². The number of rotatable bonds is 9. The van der Waals surface area contributed by atoms with E-state index in [9.17, 15) is 0 Å². The molecule has 0 bridgehead atoms. The van der Waals surface area contributed by atoms with Crippen molar-refractivity contribution in [3.63, 3.8) is 0 Å². The minimum atomic E-state index is 0.00308. The zero-order valence-corrected chi connectivity index (χ0v) is 15.9. The summed E-state index contributed by atoms with van der Waals surface area (Å²) in [6, 6.07) is 0. The monoisotopic (exact) mass is 331 g/mol. The zero-order valence-electron chi connectivity index (χ0n) is 15.9. The normalized spacial score (nSPS) is 31.7. The molecule has 0 amide bonds. The standard InChI is InChI=1S/C21H37N3/c1-5-15(2)12-17(4)13-21(22)24-11-10-23-20-9-7-16(3)6-8-18-14-19(18)20/h7,9,15-16,18-19,21,24H,4-6,8,10-14,22H2,1-3H3/b9-7-,23-20?. The van der Waals surface area contributed by atoms with Crippen LogP contribution in [0.3, 0.4) is 0 Å². The fraction of sp³-hybridized carbons (Fsp3) is 0.762. The molecule has 0 radical (unpaired) electrons. The van der Waals surface area contributed by atoms with Gasteiger partial charge in [0.05, 0.1) is 12.7 Å². The molecule has 1 saturated carbocycles. The van der Waals surface area contributed by atoms with E-state index in [1.165, 1.54) is 37.0 Å². The van der Waals surface area contributed by atoms with Crippen LogP contribution in [0.4, 0.5) is 0 Å². The third-order valence-corrected chi connectivity index (χ3v) is 5.55. The van der Waals surface area contributed by atoms with Crippen molar-refractivity contribution in [2.24, 2.45) is 34.4 Å². The molecule has 2 aliphatic rings. The summed E-state index contributed by atoms with van der Waals surface area (Å²) in [6.07, 6.45) is 11.8. The SMILES string of the molecule is C=C(CC(C)CC)CC(N)NCCN=C1/C=C\C(C)CCC2CC12. The Bertz CT molecular complexity index is 466. The molecule has 0 aromatic heterocycles. The van der Waals surface area contributed by atoms with Crippen LogP contribution in [0.2, 0.25) is 0 Å². The maximum absolute atomic E-state index is 6.18. The van der Waals surface area contributed by atoms with E-state index in [1.54, 1.807) is 0 Å². The third kappa shape index (κ3) is 6.52. The fourth-order valence-electron chi connectivity index (χ4n) is 3.60. The van der Waals surface area contributed by atoms with E-state index in [0.717, 1.165) is 37.8 Å². The van der Waals surface area contributed by atoms with E-state index >= 15 is 0 Å². The van der Waals surface area contributed by atoms with Gasteiger partial charge < -0.3 is 5.73 Å². The molecule has 3 nitrogen and oxygen atoms in total. The van der Waals surface area contributed by atoms with Gasteiger partial charge in [-0.3, -0.25) is 10.3 Å². The van der Waals surface area contributed by atoms with Crippen LogP contribution in [0.25, 0.3) is 0 Å². The molecule has 0 saturated heterocycles. The second-order valence-corrected chi connectivity index (χ2v) is 8.05. The van der Waals surface area contributed by atoms with Crippen molar-refractivity contribution >= 4 is 5.71 Å². The van der Waals surface area contributed by atoms with Crippen molar-refractivity contribution in [1.82, 2.24) is 5.32 Å². The van der Waals surface area contributed by atoms with Crippen molar-refractivity contribution in [2.75, 3.05) is 13.1 Å². The lowest BCUT2D eigenvalue weighted by molar-refractivity contribution is 0.494. The number of fused-ring (bicyclic) bond motifs is 1. The molecule has 0 aromatic rings. The van der Waals surface area contributed by atoms with Gasteiger partial charge in [0.15, 0.2) is 0 Å². The van der Waals surface area contributed by atoms with Crippen molar-refractivity contribution in [2.45, 2.75) is 65.5 Å². The van der Waals surface area contributed by atoms with E-state index in [1.807, 2.05) is 0 Å². The van der Waals surface area contributed by atoms with Crippen LogP contribution < -0.4 is 11.1 Å². The molecule has 0 aliphatic heterocycles. The highest BCUT2D eigenvalue weighted by molar-refractivity contribution is 5.98. The smallest absolute Gasteiger partial charge is 0.0584 e. The molecule has 24 heavy (non-hydrogen) atoms. The maximum Gasteiger partial charge on any atom is 0.0584 e. The van der Waals surface area contributed by atoms with Crippen molar-refractivity contribution < 1.29 is 0 Å². The van der Waals surface area contributed by atoms with E-state index in [0.29, 0.717) is 11.8 Å². The van der Waals surface area contributed by atoms with Gasteiger partial charge in [-0.2, -0.15) is 0 Å². The molecule has 5 atom stereocenters. The van der Waals surface area contributed by atoms with Gasteiger partial charge >= 0.3 is 0 Å². The minimum absolute atomic E-state index is 0.00308.